The average molecular weight is 162 g/mol. The summed E-state index contributed by atoms with van der Waals surface area (Å²) >= 11 is 0. The molecule has 0 saturated heterocycles. The molecule has 0 aromatic heterocycles. The van der Waals surface area contributed by atoms with Crippen LogP contribution in [0, 0.1) is 0 Å². The minimum atomic E-state index is -0.0913. The highest BCUT2D eigenvalue weighted by molar-refractivity contribution is 7.37. The molecule has 2 atom stereocenters. The van der Waals surface area contributed by atoms with Crippen molar-refractivity contribution >= 4 is 8.58 Å². The lowest BCUT2D eigenvalue weighted by Crippen LogP contribution is -1.98. The van der Waals surface area contributed by atoms with E-state index in [1.807, 2.05) is 6.92 Å². The van der Waals surface area contributed by atoms with E-state index in [4.69, 9.17) is 5.11 Å². The van der Waals surface area contributed by atoms with E-state index in [9.17, 15) is 0 Å². The highest BCUT2D eigenvalue weighted by Crippen LogP contribution is 2.13. The smallest absolute Gasteiger partial charge is 0.0512 e. The van der Waals surface area contributed by atoms with Crippen LogP contribution in [0.4, 0.5) is 0 Å². The topological polar surface area (TPSA) is 20.2 Å². The van der Waals surface area contributed by atoms with Gasteiger partial charge < -0.3 is 5.11 Å². The summed E-state index contributed by atoms with van der Waals surface area (Å²) in [7, 11) is 1.12. The van der Waals surface area contributed by atoms with Gasteiger partial charge in [0.25, 0.3) is 0 Å². The van der Waals surface area contributed by atoms with E-state index in [2.05, 4.69) is 6.92 Å². The molecule has 0 amide bonds. The van der Waals surface area contributed by atoms with Gasteiger partial charge in [-0.3, -0.25) is 0 Å². The Morgan fingerprint density at radius 1 is 1.40 bits per heavy atom. The van der Waals surface area contributed by atoms with Crippen molar-refractivity contribution < 1.29 is 5.11 Å². The zero-order chi connectivity index (χ0) is 7.82. The predicted octanol–water partition coefficient (Wildman–Crippen LogP) is 2.24. The molecule has 1 nitrogen and oxygen atoms in total. The molecule has 0 aliphatic heterocycles. The number of hydrogen-bond acceptors (Lipinski definition) is 1. The lowest BCUT2D eigenvalue weighted by Gasteiger charge is -2.02. The Bertz CT molecular complexity index is 64.3. The first-order chi connectivity index (χ1) is 4.77. The molecular formula is C8H19OP. The molecule has 0 rings (SSSR count). The van der Waals surface area contributed by atoms with Crippen molar-refractivity contribution in [2.75, 3.05) is 12.3 Å². The van der Waals surface area contributed by atoms with Crippen molar-refractivity contribution in [2.45, 2.75) is 39.2 Å². The van der Waals surface area contributed by atoms with Crippen LogP contribution in [-0.2, 0) is 0 Å². The fraction of sp³-hybridized carbons (Fsp3) is 1.00. The highest BCUT2D eigenvalue weighted by Gasteiger charge is 1.93. The summed E-state index contributed by atoms with van der Waals surface area (Å²) < 4.78 is 0. The SMILES string of the molecule is CCCPCCCC(C)O. The van der Waals surface area contributed by atoms with E-state index >= 15 is 0 Å². The quantitative estimate of drug-likeness (QED) is 0.469. The Hall–Kier alpha value is 0.390. The molecule has 0 spiro atoms. The Kier molecular flexibility index (Phi) is 7.79. The molecule has 62 valence electrons. The van der Waals surface area contributed by atoms with Crippen molar-refractivity contribution in [1.82, 2.24) is 0 Å². The zero-order valence-corrected chi connectivity index (χ0v) is 8.06. The Balaban J connectivity index is 2.77. The van der Waals surface area contributed by atoms with Gasteiger partial charge in [-0.2, -0.15) is 0 Å². The number of aliphatic hydroxyl groups is 1. The van der Waals surface area contributed by atoms with E-state index in [0.29, 0.717) is 0 Å². The third kappa shape index (κ3) is 8.39. The summed E-state index contributed by atoms with van der Waals surface area (Å²) in [6, 6.07) is 0. The molecule has 0 aromatic carbocycles. The molecule has 0 aliphatic rings. The second kappa shape index (κ2) is 7.50. The summed E-state index contributed by atoms with van der Waals surface area (Å²) in [4.78, 5) is 0. The summed E-state index contributed by atoms with van der Waals surface area (Å²) in [5.41, 5.74) is 0. The summed E-state index contributed by atoms with van der Waals surface area (Å²) in [5, 5.41) is 8.91. The fourth-order valence-corrected chi connectivity index (χ4v) is 1.88. The predicted molar refractivity (Wildman–Crippen MR) is 49.3 cm³/mol. The third-order valence-electron chi connectivity index (χ3n) is 1.40. The maximum absolute atomic E-state index is 8.91. The molecule has 0 heterocycles. The van der Waals surface area contributed by atoms with Crippen molar-refractivity contribution in [3.63, 3.8) is 0 Å². The summed E-state index contributed by atoms with van der Waals surface area (Å²) in [6.45, 7) is 4.09. The number of rotatable bonds is 6. The molecule has 2 heteroatoms. The maximum Gasteiger partial charge on any atom is 0.0512 e. The van der Waals surface area contributed by atoms with E-state index in [1.54, 1.807) is 0 Å². The molecule has 2 unspecified atom stereocenters. The van der Waals surface area contributed by atoms with Gasteiger partial charge in [-0.15, -0.1) is 8.58 Å². The third-order valence-corrected chi connectivity index (χ3v) is 2.96. The average Bonchev–Trinajstić information content (AvgIpc) is 1.87. The minimum absolute atomic E-state index is 0.0913. The summed E-state index contributed by atoms with van der Waals surface area (Å²) in [6.07, 6.45) is 6.10. The van der Waals surface area contributed by atoms with Crippen LogP contribution >= 0.6 is 8.58 Å². The van der Waals surface area contributed by atoms with E-state index < -0.39 is 0 Å². The first-order valence-electron chi connectivity index (χ1n) is 4.16. The summed E-state index contributed by atoms with van der Waals surface area (Å²) in [5.74, 6) is 0. The number of hydrogen-bond donors (Lipinski definition) is 1. The van der Waals surface area contributed by atoms with E-state index in [1.165, 1.54) is 25.2 Å². The minimum Gasteiger partial charge on any atom is -0.393 e. The second-order valence-corrected chi connectivity index (χ2v) is 4.24. The standard InChI is InChI=1S/C8H19OP/c1-3-6-10-7-4-5-8(2)9/h8-10H,3-7H2,1-2H3. The molecular weight excluding hydrogens is 143 g/mol. The fourth-order valence-electron chi connectivity index (χ4n) is 0.824. The van der Waals surface area contributed by atoms with Crippen LogP contribution in [0.2, 0.25) is 0 Å². The van der Waals surface area contributed by atoms with E-state index in [-0.39, 0.29) is 6.10 Å². The van der Waals surface area contributed by atoms with Gasteiger partial charge in [0.05, 0.1) is 6.10 Å². The van der Waals surface area contributed by atoms with Crippen LogP contribution in [0.15, 0.2) is 0 Å². The normalized spacial score (nSPS) is 14.7. The lowest BCUT2D eigenvalue weighted by atomic mass is 10.2. The molecule has 0 aromatic rings. The maximum atomic E-state index is 8.91. The Labute approximate surface area is 66.0 Å². The largest absolute Gasteiger partial charge is 0.393 e. The molecule has 10 heavy (non-hydrogen) atoms. The van der Waals surface area contributed by atoms with Gasteiger partial charge in [0.1, 0.15) is 0 Å². The first kappa shape index (κ1) is 10.4. The van der Waals surface area contributed by atoms with Crippen LogP contribution in [0.5, 0.6) is 0 Å². The zero-order valence-electron chi connectivity index (χ0n) is 7.06. The Morgan fingerprint density at radius 3 is 2.60 bits per heavy atom. The van der Waals surface area contributed by atoms with Gasteiger partial charge in [0.2, 0.25) is 0 Å². The number of aliphatic hydroxyl groups excluding tert-OH is 1. The van der Waals surface area contributed by atoms with E-state index in [0.717, 1.165) is 15.0 Å². The van der Waals surface area contributed by atoms with Crippen molar-refractivity contribution in [3.8, 4) is 0 Å². The van der Waals surface area contributed by atoms with Gasteiger partial charge in [0.15, 0.2) is 0 Å². The molecule has 0 bridgehead atoms. The molecule has 0 fully saturated rings. The van der Waals surface area contributed by atoms with Crippen LogP contribution in [0.3, 0.4) is 0 Å². The van der Waals surface area contributed by atoms with Crippen LogP contribution in [0.25, 0.3) is 0 Å². The van der Waals surface area contributed by atoms with Crippen LogP contribution in [-0.4, -0.2) is 23.5 Å². The molecule has 0 radical (unpaired) electrons. The lowest BCUT2D eigenvalue weighted by molar-refractivity contribution is 0.184. The van der Waals surface area contributed by atoms with Gasteiger partial charge >= 0.3 is 0 Å². The van der Waals surface area contributed by atoms with Crippen molar-refractivity contribution in [2.24, 2.45) is 0 Å². The highest BCUT2D eigenvalue weighted by atomic mass is 31.1. The van der Waals surface area contributed by atoms with Crippen molar-refractivity contribution in [3.05, 3.63) is 0 Å². The Morgan fingerprint density at radius 2 is 2.10 bits per heavy atom. The van der Waals surface area contributed by atoms with Crippen LogP contribution < -0.4 is 0 Å². The molecule has 0 aliphatic carbocycles. The molecule has 0 saturated carbocycles. The van der Waals surface area contributed by atoms with Gasteiger partial charge in [-0.05, 0) is 32.1 Å². The molecule has 1 N–H and O–H groups in total. The van der Waals surface area contributed by atoms with Gasteiger partial charge in [0, 0.05) is 0 Å². The first-order valence-corrected chi connectivity index (χ1v) is 5.57. The van der Waals surface area contributed by atoms with Gasteiger partial charge in [-0.1, -0.05) is 13.3 Å². The van der Waals surface area contributed by atoms with Gasteiger partial charge in [-0.25, -0.2) is 0 Å². The van der Waals surface area contributed by atoms with Crippen molar-refractivity contribution in [1.29, 1.82) is 0 Å². The second-order valence-electron chi connectivity index (χ2n) is 2.74. The monoisotopic (exact) mass is 162 g/mol. The van der Waals surface area contributed by atoms with Crippen LogP contribution in [0.1, 0.15) is 33.1 Å².